The zero-order valence-electron chi connectivity index (χ0n) is 13.4. The molecule has 3 N–H and O–H groups in total. The third-order valence-corrected chi connectivity index (χ3v) is 5.77. The Balaban J connectivity index is 1.38. The van der Waals surface area contributed by atoms with Crippen molar-refractivity contribution in [2.24, 2.45) is 11.7 Å². The van der Waals surface area contributed by atoms with Crippen molar-refractivity contribution in [3.05, 3.63) is 52.7 Å². The highest BCUT2D eigenvalue weighted by atomic mass is 32.1. The van der Waals surface area contributed by atoms with Crippen LogP contribution in [-0.2, 0) is 19.5 Å². The summed E-state index contributed by atoms with van der Waals surface area (Å²) in [5, 5.41) is 11.4. The zero-order chi connectivity index (χ0) is 16.5. The van der Waals surface area contributed by atoms with Gasteiger partial charge in [0.2, 0.25) is 0 Å². The molecule has 0 unspecified atom stereocenters. The molecule has 0 fully saturated rings. The molecule has 1 atom stereocenters. The Labute approximate surface area is 144 Å². The maximum Gasteiger partial charge on any atom is 0.252 e. The number of nitrogens with two attached hydrogens (primary N) is 1. The van der Waals surface area contributed by atoms with Crippen LogP contribution < -0.4 is 11.1 Å². The third-order valence-electron chi connectivity index (χ3n) is 4.75. The van der Waals surface area contributed by atoms with E-state index in [2.05, 4.69) is 40.1 Å². The summed E-state index contributed by atoms with van der Waals surface area (Å²) in [5.41, 5.74) is 8.35. The molecule has 0 saturated carbocycles. The molecule has 0 spiro atoms. The minimum Gasteiger partial charge on any atom is -0.365 e. The number of aromatic nitrogens is 2. The van der Waals surface area contributed by atoms with Gasteiger partial charge in [-0.05, 0) is 47.7 Å². The van der Waals surface area contributed by atoms with Crippen LogP contribution in [0.5, 0.6) is 0 Å². The number of benzene rings is 1. The number of amides is 1. The van der Waals surface area contributed by atoms with Crippen molar-refractivity contribution in [2.45, 2.75) is 25.9 Å². The van der Waals surface area contributed by atoms with Crippen molar-refractivity contribution < 1.29 is 4.79 Å². The minimum absolute atomic E-state index is 0.380. The van der Waals surface area contributed by atoms with Crippen molar-refractivity contribution in [3.63, 3.8) is 0 Å². The smallest absolute Gasteiger partial charge is 0.252 e. The van der Waals surface area contributed by atoms with Crippen molar-refractivity contribution in [1.82, 2.24) is 15.1 Å². The second-order valence-corrected chi connectivity index (χ2v) is 7.25. The van der Waals surface area contributed by atoms with Gasteiger partial charge < -0.3 is 11.1 Å². The molecular formula is C18H20N4OS. The first-order chi connectivity index (χ1) is 11.7. The maximum absolute atomic E-state index is 11.5. The van der Waals surface area contributed by atoms with E-state index < -0.39 is 0 Å². The van der Waals surface area contributed by atoms with Crippen LogP contribution in [-0.4, -0.2) is 22.2 Å². The fraction of sp³-hybridized carbons (Fsp3) is 0.333. The standard InChI is InChI=1S/C18H20N4OS/c19-18(23)15-10-21-22-6-5-12(7-16(15)22)8-20-9-13-11-24-17-4-2-1-3-14(13)17/h1-4,10-12,20H,5-9H2,(H2,19,23)/t12-/m0/s1. The van der Waals surface area contributed by atoms with Crippen LogP contribution in [0.2, 0.25) is 0 Å². The second-order valence-electron chi connectivity index (χ2n) is 6.34. The second kappa shape index (κ2) is 6.37. The highest BCUT2D eigenvalue weighted by molar-refractivity contribution is 7.17. The fourth-order valence-corrected chi connectivity index (χ4v) is 4.42. The Bertz CT molecular complexity index is 882. The molecule has 0 radical (unpaired) electrons. The fourth-order valence-electron chi connectivity index (χ4n) is 3.46. The molecule has 1 amide bonds. The van der Waals surface area contributed by atoms with Gasteiger partial charge in [-0.3, -0.25) is 9.48 Å². The van der Waals surface area contributed by atoms with Gasteiger partial charge in [-0.2, -0.15) is 5.10 Å². The van der Waals surface area contributed by atoms with Crippen LogP contribution >= 0.6 is 11.3 Å². The van der Waals surface area contributed by atoms with Crippen LogP contribution in [0.3, 0.4) is 0 Å². The lowest BCUT2D eigenvalue weighted by Crippen LogP contribution is -2.30. The predicted octanol–water partition coefficient (Wildman–Crippen LogP) is 2.55. The molecule has 2 aromatic heterocycles. The molecule has 3 heterocycles. The van der Waals surface area contributed by atoms with Crippen LogP contribution in [0, 0.1) is 5.92 Å². The number of thiophene rings is 1. The molecule has 0 aliphatic carbocycles. The third kappa shape index (κ3) is 2.83. The average molecular weight is 340 g/mol. The number of primary amides is 1. The number of nitrogens with zero attached hydrogens (tertiary/aromatic N) is 2. The summed E-state index contributed by atoms with van der Waals surface area (Å²) in [4.78, 5) is 11.5. The van der Waals surface area contributed by atoms with E-state index in [1.165, 1.54) is 15.6 Å². The number of hydrogen-bond donors (Lipinski definition) is 2. The van der Waals surface area contributed by atoms with Gasteiger partial charge in [-0.1, -0.05) is 18.2 Å². The topological polar surface area (TPSA) is 72.9 Å². The van der Waals surface area contributed by atoms with Crippen molar-refractivity contribution >= 4 is 27.3 Å². The normalized spacial score (nSPS) is 17.1. The van der Waals surface area contributed by atoms with Crippen LogP contribution in [0.4, 0.5) is 0 Å². The number of carbonyl (C=O) groups is 1. The molecular weight excluding hydrogens is 320 g/mol. The Morgan fingerprint density at radius 3 is 3.17 bits per heavy atom. The average Bonchev–Trinajstić information content (AvgIpc) is 3.19. The van der Waals surface area contributed by atoms with Gasteiger partial charge in [0.05, 0.1) is 17.5 Å². The predicted molar refractivity (Wildman–Crippen MR) is 96.1 cm³/mol. The molecule has 3 aromatic rings. The quantitative estimate of drug-likeness (QED) is 0.750. The number of nitrogens with one attached hydrogen (secondary N) is 1. The summed E-state index contributed by atoms with van der Waals surface area (Å²) in [5.74, 6) is 0.131. The first kappa shape index (κ1) is 15.4. The number of fused-ring (bicyclic) bond motifs is 2. The lowest BCUT2D eigenvalue weighted by atomic mass is 9.94. The summed E-state index contributed by atoms with van der Waals surface area (Å²) in [6, 6.07) is 8.52. The Kier molecular flexibility index (Phi) is 4.08. The summed E-state index contributed by atoms with van der Waals surface area (Å²) in [6.07, 6.45) is 3.53. The zero-order valence-corrected chi connectivity index (χ0v) is 14.2. The molecule has 4 rings (SSSR count). The van der Waals surface area contributed by atoms with Gasteiger partial charge >= 0.3 is 0 Å². The van der Waals surface area contributed by atoms with E-state index in [0.29, 0.717) is 11.5 Å². The van der Waals surface area contributed by atoms with E-state index in [0.717, 1.165) is 38.2 Å². The van der Waals surface area contributed by atoms with Gasteiger partial charge in [-0.15, -0.1) is 11.3 Å². The largest absolute Gasteiger partial charge is 0.365 e. The van der Waals surface area contributed by atoms with Crippen LogP contribution in [0.15, 0.2) is 35.8 Å². The summed E-state index contributed by atoms with van der Waals surface area (Å²) in [6.45, 7) is 2.67. The lowest BCUT2D eigenvalue weighted by Gasteiger charge is -2.24. The first-order valence-electron chi connectivity index (χ1n) is 8.22. The molecule has 1 aliphatic heterocycles. The van der Waals surface area contributed by atoms with E-state index in [1.54, 1.807) is 17.5 Å². The SMILES string of the molecule is NC(=O)c1cnn2c1C[C@@H](CNCc1csc3ccccc13)CC2. The highest BCUT2D eigenvalue weighted by Gasteiger charge is 2.24. The van der Waals surface area contributed by atoms with Crippen molar-refractivity contribution in [1.29, 1.82) is 0 Å². The number of hydrogen-bond acceptors (Lipinski definition) is 4. The van der Waals surface area contributed by atoms with E-state index >= 15 is 0 Å². The van der Waals surface area contributed by atoms with Crippen LogP contribution in [0.1, 0.15) is 28.0 Å². The minimum atomic E-state index is -0.380. The summed E-state index contributed by atoms with van der Waals surface area (Å²) >= 11 is 1.79. The van der Waals surface area contributed by atoms with E-state index in [9.17, 15) is 4.79 Å². The van der Waals surface area contributed by atoms with E-state index in [1.807, 2.05) is 4.68 Å². The van der Waals surface area contributed by atoms with Crippen LogP contribution in [0.25, 0.3) is 10.1 Å². The molecule has 6 heteroatoms. The van der Waals surface area contributed by atoms with E-state index in [4.69, 9.17) is 5.73 Å². The monoisotopic (exact) mass is 340 g/mol. The highest BCUT2D eigenvalue weighted by Crippen LogP contribution is 2.26. The van der Waals surface area contributed by atoms with Gasteiger partial charge in [-0.25, -0.2) is 0 Å². The van der Waals surface area contributed by atoms with Gasteiger partial charge in [0.1, 0.15) is 0 Å². The van der Waals surface area contributed by atoms with Gasteiger partial charge in [0, 0.05) is 17.8 Å². The Hall–Kier alpha value is -2.18. The summed E-state index contributed by atoms with van der Waals surface area (Å²) < 4.78 is 3.25. The number of aryl methyl sites for hydroxylation is 1. The van der Waals surface area contributed by atoms with Crippen molar-refractivity contribution in [3.8, 4) is 0 Å². The molecule has 1 aliphatic rings. The summed E-state index contributed by atoms with van der Waals surface area (Å²) in [7, 11) is 0. The lowest BCUT2D eigenvalue weighted by molar-refractivity contribution is 0.0998. The van der Waals surface area contributed by atoms with Gasteiger partial charge in [0.25, 0.3) is 5.91 Å². The molecule has 0 bridgehead atoms. The Morgan fingerprint density at radius 1 is 1.42 bits per heavy atom. The molecule has 124 valence electrons. The van der Waals surface area contributed by atoms with Crippen molar-refractivity contribution in [2.75, 3.05) is 6.54 Å². The molecule has 5 nitrogen and oxygen atoms in total. The molecule has 24 heavy (non-hydrogen) atoms. The van der Waals surface area contributed by atoms with E-state index in [-0.39, 0.29) is 5.91 Å². The molecule has 1 aromatic carbocycles. The number of rotatable bonds is 5. The first-order valence-corrected chi connectivity index (χ1v) is 9.10. The van der Waals surface area contributed by atoms with Gasteiger partial charge in [0.15, 0.2) is 0 Å². The number of carbonyl (C=O) groups excluding carboxylic acids is 1. The maximum atomic E-state index is 11.5. The Morgan fingerprint density at radius 2 is 2.29 bits per heavy atom. The molecule has 0 saturated heterocycles.